The van der Waals surface area contributed by atoms with Gasteiger partial charge in [0.25, 0.3) is 0 Å². The highest BCUT2D eigenvalue weighted by Crippen LogP contribution is 2.37. The first-order valence-corrected chi connectivity index (χ1v) is 6.26. The molecular weight excluding hydrogens is 270 g/mol. The molecule has 0 radical (unpaired) electrons. The van der Waals surface area contributed by atoms with Crippen LogP contribution in [-0.4, -0.2) is 18.3 Å². The Bertz CT molecular complexity index is 513. The van der Waals surface area contributed by atoms with Gasteiger partial charge in [-0.3, -0.25) is 0 Å². The van der Waals surface area contributed by atoms with Crippen molar-refractivity contribution in [3.8, 4) is 0 Å². The summed E-state index contributed by atoms with van der Waals surface area (Å²) < 4.78 is 49.5. The largest absolute Gasteiger partial charge is 0.494 e. The Labute approximate surface area is 116 Å². The minimum atomic E-state index is -4.46. The van der Waals surface area contributed by atoms with Crippen LogP contribution in [0.3, 0.4) is 0 Å². The van der Waals surface area contributed by atoms with E-state index >= 15 is 0 Å². The number of nitrogen functional groups attached to an aromatic ring is 1. The van der Waals surface area contributed by atoms with Crippen LogP contribution in [0.2, 0.25) is 0 Å². The molecule has 0 atom stereocenters. The fourth-order valence-electron chi connectivity index (χ4n) is 1.97. The van der Waals surface area contributed by atoms with Crippen LogP contribution in [0.25, 0.3) is 0 Å². The number of nitrogens with two attached hydrogens (primary N) is 1. The lowest BCUT2D eigenvalue weighted by atomic mass is 9.78. The average Bonchev–Trinajstić information content (AvgIpc) is 2.46. The number of benzene rings is 1. The molecule has 1 aromatic carbocycles. The molecule has 1 aromatic rings. The second-order valence-corrected chi connectivity index (χ2v) is 5.93. The van der Waals surface area contributed by atoms with Gasteiger partial charge in [-0.05, 0) is 45.3 Å². The first-order chi connectivity index (χ1) is 8.94. The Kier molecular flexibility index (Phi) is 3.34. The van der Waals surface area contributed by atoms with Gasteiger partial charge in [0.2, 0.25) is 0 Å². The average molecular weight is 287 g/mol. The molecular formula is C13H17BF3NO2. The third-order valence-corrected chi connectivity index (χ3v) is 3.91. The van der Waals surface area contributed by atoms with Crippen molar-refractivity contribution in [3.05, 3.63) is 23.8 Å². The van der Waals surface area contributed by atoms with Crippen molar-refractivity contribution in [2.45, 2.75) is 45.1 Å². The third kappa shape index (κ3) is 2.52. The van der Waals surface area contributed by atoms with Gasteiger partial charge in [0.15, 0.2) is 0 Å². The van der Waals surface area contributed by atoms with Crippen LogP contribution in [0.15, 0.2) is 18.2 Å². The standard InChI is InChI=1S/C13H17BF3NO2/c1-11(2)12(3,4)20-14(19-11)8-5-6-9(10(18)7-8)13(15,16)17/h5-7H,18H2,1-4H3. The number of alkyl halides is 3. The van der Waals surface area contributed by atoms with Gasteiger partial charge in [0, 0.05) is 5.69 Å². The van der Waals surface area contributed by atoms with Crippen LogP contribution in [-0.2, 0) is 15.5 Å². The van der Waals surface area contributed by atoms with Gasteiger partial charge in [-0.25, -0.2) is 0 Å². The maximum Gasteiger partial charge on any atom is 0.494 e. The number of hydrogen-bond donors (Lipinski definition) is 1. The zero-order chi connectivity index (χ0) is 15.3. The fraction of sp³-hybridized carbons (Fsp3) is 0.538. The van der Waals surface area contributed by atoms with Gasteiger partial charge < -0.3 is 15.0 Å². The van der Waals surface area contributed by atoms with E-state index in [2.05, 4.69) is 0 Å². The minimum absolute atomic E-state index is 0.329. The van der Waals surface area contributed by atoms with Crippen LogP contribution >= 0.6 is 0 Å². The van der Waals surface area contributed by atoms with Crippen molar-refractivity contribution in [2.75, 3.05) is 5.73 Å². The highest BCUT2D eigenvalue weighted by atomic mass is 19.4. The van der Waals surface area contributed by atoms with Crippen molar-refractivity contribution in [1.82, 2.24) is 0 Å². The molecule has 0 unspecified atom stereocenters. The zero-order valence-electron chi connectivity index (χ0n) is 11.8. The maximum absolute atomic E-state index is 12.7. The summed E-state index contributed by atoms with van der Waals surface area (Å²) in [5, 5.41) is 0. The summed E-state index contributed by atoms with van der Waals surface area (Å²) in [5.41, 5.74) is 3.69. The van der Waals surface area contributed by atoms with Crippen LogP contribution < -0.4 is 11.2 Å². The molecule has 1 aliphatic heterocycles. The summed E-state index contributed by atoms with van der Waals surface area (Å²) in [4.78, 5) is 0. The molecule has 0 amide bonds. The van der Waals surface area contributed by atoms with E-state index < -0.39 is 30.1 Å². The van der Waals surface area contributed by atoms with Gasteiger partial charge in [0.05, 0.1) is 16.8 Å². The molecule has 0 bridgehead atoms. The smallest absolute Gasteiger partial charge is 0.399 e. The lowest BCUT2D eigenvalue weighted by Crippen LogP contribution is -2.41. The fourth-order valence-corrected chi connectivity index (χ4v) is 1.97. The second kappa shape index (κ2) is 4.39. The number of hydrogen-bond acceptors (Lipinski definition) is 3. The molecule has 3 nitrogen and oxygen atoms in total. The molecule has 2 rings (SSSR count). The van der Waals surface area contributed by atoms with Crippen LogP contribution in [0, 0.1) is 0 Å². The van der Waals surface area contributed by atoms with Crippen LogP contribution in [0.1, 0.15) is 33.3 Å². The Morgan fingerprint density at radius 2 is 1.55 bits per heavy atom. The van der Waals surface area contributed by atoms with Gasteiger partial charge in [0.1, 0.15) is 0 Å². The zero-order valence-corrected chi connectivity index (χ0v) is 11.8. The highest BCUT2D eigenvalue weighted by molar-refractivity contribution is 6.62. The molecule has 20 heavy (non-hydrogen) atoms. The molecule has 1 saturated heterocycles. The Morgan fingerprint density at radius 1 is 1.05 bits per heavy atom. The monoisotopic (exact) mass is 287 g/mol. The number of rotatable bonds is 1. The minimum Gasteiger partial charge on any atom is -0.399 e. The predicted molar refractivity (Wildman–Crippen MR) is 71.6 cm³/mol. The van der Waals surface area contributed by atoms with E-state index in [0.717, 1.165) is 6.07 Å². The summed E-state index contributed by atoms with van der Waals surface area (Å²) in [6, 6.07) is 3.54. The van der Waals surface area contributed by atoms with E-state index in [1.165, 1.54) is 12.1 Å². The van der Waals surface area contributed by atoms with E-state index in [1.807, 2.05) is 27.7 Å². The normalized spacial score (nSPS) is 21.2. The molecule has 0 aromatic heterocycles. The van der Waals surface area contributed by atoms with E-state index in [0.29, 0.717) is 5.46 Å². The lowest BCUT2D eigenvalue weighted by Gasteiger charge is -2.32. The van der Waals surface area contributed by atoms with Crippen molar-refractivity contribution >= 4 is 18.3 Å². The van der Waals surface area contributed by atoms with E-state index in [1.54, 1.807) is 0 Å². The van der Waals surface area contributed by atoms with Crippen molar-refractivity contribution < 1.29 is 22.5 Å². The summed E-state index contributed by atoms with van der Waals surface area (Å²) in [7, 11) is -0.718. The first kappa shape index (κ1) is 15.2. The summed E-state index contributed by atoms with van der Waals surface area (Å²) in [5.74, 6) is 0. The molecule has 7 heteroatoms. The molecule has 1 fully saturated rings. The van der Waals surface area contributed by atoms with Crippen molar-refractivity contribution in [3.63, 3.8) is 0 Å². The van der Waals surface area contributed by atoms with Crippen molar-refractivity contribution in [1.29, 1.82) is 0 Å². The Morgan fingerprint density at radius 3 is 1.95 bits per heavy atom. The Hall–Kier alpha value is -1.21. The molecule has 0 spiro atoms. The van der Waals surface area contributed by atoms with E-state index in [9.17, 15) is 13.2 Å². The third-order valence-electron chi connectivity index (χ3n) is 3.91. The summed E-state index contributed by atoms with van der Waals surface area (Å²) in [6.07, 6.45) is -4.46. The van der Waals surface area contributed by atoms with Gasteiger partial charge in [-0.15, -0.1) is 0 Å². The SMILES string of the molecule is CC1(C)OB(c2ccc(C(F)(F)F)c(N)c2)OC1(C)C. The molecule has 1 heterocycles. The maximum atomic E-state index is 12.7. The lowest BCUT2D eigenvalue weighted by molar-refractivity contribution is -0.136. The second-order valence-electron chi connectivity index (χ2n) is 5.93. The van der Waals surface area contributed by atoms with Crippen molar-refractivity contribution in [2.24, 2.45) is 0 Å². The van der Waals surface area contributed by atoms with E-state index in [-0.39, 0.29) is 5.69 Å². The van der Waals surface area contributed by atoms with Gasteiger partial charge in [-0.2, -0.15) is 13.2 Å². The first-order valence-electron chi connectivity index (χ1n) is 6.26. The number of anilines is 1. The quantitative estimate of drug-likeness (QED) is 0.638. The topological polar surface area (TPSA) is 44.5 Å². The molecule has 1 aliphatic rings. The van der Waals surface area contributed by atoms with Crippen LogP contribution in [0.5, 0.6) is 0 Å². The Balaban J connectivity index is 2.31. The number of halogens is 3. The van der Waals surface area contributed by atoms with Gasteiger partial charge in [-0.1, -0.05) is 6.07 Å². The van der Waals surface area contributed by atoms with E-state index in [4.69, 9.17) is 15.0 Å². The molecule has 0 saturated carbocycles. The summed E-state index contributed by atoms with van der Waals surface area (Å²) >= 11 is 0. The molecule has 2 N–H and O–H groups in total. The van der Waals surface area contributed by atoms with Crippen LogP contribution in [0.4, 0.5) is 18.9 Å². The summed E-state index contributed by atoms with van der Waals surface area (Å²) in [6.45, 7) is 7.50. The highest BCUT2D eigenvalue weighted by Gasteiger charge is 2.51. The predicted octanol–water partition coefficient (Wildman–Crippen LogP) is 2.59. The molecule has 0 aliphatic carbocycles. The van der Waals surface area contributed by atoms with Gasteiger partial charge >= 0.3 is 13.3 Å². The molecule has 110 valence electrons.